The van der Waals surface area contributed by atoms with E-state index in [9.17, 15) is 9.59 Å². The van der Waals surface area contributed by atoms with Crippen molar-refractivity contribution >= 4 is 27.7 Å². The molecule has 2 atom stereocenters. The summed E-state index contributed by atoms with van der Waals surface area (Å²) in [5.74, 6) is 2.48. The van der Waals surface area contributed by atoms with Crippen molar-refractivity contribution in [2.75, 3.05) is 13.2 Å². The number of alkyl halides is 1. The molecule has 1 aromatic rings. The van der Waals surface area contributed by atoms with Crippen molar-refractivity contribution in [3.63, 3.8) is 0 Å². The first-order valence-electron chi connectivity index (χ1n) is 11.9. The summed E-state index contributed by atoms with van der Waals surface area (Å²) in [6.45, 7) is 0.719. The molecule has 0 heterocycles. The first kappa shape index (κ1) is 21.3. The van der Waals surface area contributed by atoms with Crippen LogP contribution in [0, 0.1) is 17.3 Å². The van der Waals surface area contributed by atoms with Crippen molar-refractivity contribution in [3.05, 3.63) is 29.8 Å². The smallest absolute Gasteiger partial charge is 0.258 e. The molecule has 4 bridgehead atoms. The largest absolute Gasteiger partial charge is 0.484 e. The maximum Gasteiger partial charge on any atom is 0.258 e. The molecule has 0 spiro atoms. The summed E-state index contributed by atoms with van der Waals surface area (Å²) in [4.78, 5) is 24.4. The van der Waals surface area contributed by atoms with Crippen molar-refractivity contribution in [2.24, 2.45) is 17.3 Å². The minimum absolute atomic E-state index is 0.0564. The fourth-order valence-electron chi connectivity index (χ4n) is 6.69. The van der Waals surface area contributed by atoms with Gasteiger partial charge in [0.25, 0.3) is 5.91 Å². The number of ether oxygens (including phenoxy) is 1. The van der Waals surface area contributed by atoms with Crippen LogP contribution in [0.2, 0.25) is 0 Å². The molecule has 5 aliphatic rings. The summed E-state index contributed by atoms with van der Waals surface area (Å²) >= 11 is 4.04. The zero-order chi connectivity index (χ0) is 21.5. The summed E-state index contributed by atoms with van der Waals surface area (Å²) in [7, 11) is 0. The maximum atomic E-state index is 12.7. The van der Waals surface area contributed by atoms with E-state index in [1.54, 1.807) is 0 Å². The minimum atomic E-state index is -0.0564. The van der Waals surface area contributed by atoms with Crippen LogP contribution in [-0.2, 0) is 16.0 Å². The second-order valence-corrected chi connectivity index (χ2v) is 12.3. The number of nitrogens with one attached hydrogen (secondary N) is 2. The van der Waals surface area contributed by atoms with Gasteiger partial charge < -0.3 is 15.4 Å². The normalized spacial score (nSPS) is 33.2. The Morgan fingerprint density at radius 1 is 1.03 bits per heavy atom. The van der Waals surface area contributed by atoms with Gasteiger partial charge >= 0.3 is 0 Å². The van der Waals surface area contributed by atoms with E-state index in [4.69, 9.17) is 4.74 Å². The minimum Gasteiger partial charge on any atom is -0.484 e. The predicted molar refractivity (Wildman–Crippen MR) is 123 cm³/mol. The molecule has 31 heavy (non-hydrogen) atoms. The van der Waals surface area contributed by atoms with Gasteiger partial charge in [0.15, 0.2) is 6.61 Å². The second-order valence-electron chi connectivity index (χ2n) is 10.7. The monoisotopic (exact) mass is 488 g/mol. The molecule has 0 aromatic heterocycles. The molecule has 5 fully saturated rings. The van der Waals surface area contributed by atoms with Gasteiger partial charge in [-0.25, -0.2) is 0 Å². The Kier molecular flexibility index (Phi) is 5.78. The van der Waals surface area contributed by atoms with Crippen LogP contribution in [0.15, 0.2) is 24.3 Å². The Morgan fingerprint density at radius 3 is 2.39 bits per heavy atom. The van der Waals surface area contributed by atoms with E-state index in [0.29, 0.717) is 29.1 Å². The van der Waals surface area contributed by atoms with Crippen LogP contribution in [0.25, 0.3) is 0 Å². The lowest BCUT2D eigenvalue weighted by molar-refractivity contribution is -0.128. The highest BCUT2D eigenvalue weighted by molar-refractivity contribution is 9.10. The van der Waals surface area contributed by atoms with Crippen LogP contribution in [0.5, 0.6) is 5.75 Å². The Labute approximate surface area is 193 Å². The van der Waals surface area contributed by atoms with E-state index in [1.807, 2.05) is 24.3 Å². The van der Waals surface area contributed by atoms with Crippen LogP contribution >= 0.6 is 15.9 Å². The Bertz CT molecular complexity index is 822. The number of benzene rings is 1. The van der Waals surface area contributed by atoms with E-state index >= 15 is 0 Å². The molecule has 0 aliphatic heterocycles. The van der Waals surface area contributed by atoms with Gasteiger partial charge in [0.05, 0.1) is 0 Å². The number of halogens is 1. The lowest BCUT2D eigenvalue weighted by Gasteiger charge is -2.60. The third-order valence-corrected chi connectivity index (χ3v) is 8.55. The fraction of sp³-hybridized carbons (Fsp3) is 0.680. The lowest BCUT2D eigenvalue weighted by atomic mass is 9.48. The molecule has 1 aromatic carbocycles. The highest BCUT2D eigenvalue weighted by Crippen LogP contribution is 2.65. The van der Waals surface area contributed by atoms with Crippen molar-refractivity contribution in [2.45, 2.75) is 74.6 Å². The average Bonchev–Trinajstić information content (AvgIpc) is 3.49. The van der Waals surface area contributed by atoms with E-state index < -0.39 is 0 Å². The molecule has 2 N–H and O–H groups in total. The van der Waals surface area contributed by atoms with Gasteiger partial charge in [-0.1, -0.05) is 28.1 Å². The van der Waals surface area contributed by atoms with Gasteiger partial charge in [0.1, 0.15) is 5.75 Å². The molecule has 5 nitrogen and oxygen atoms in total. The van der Waals surface area contributed by atoms with Gasteiger partial charge in [0, 0.05) is 23.3 Å². The predicted octanol–water partition coefficient (Wildman–Crippen LogP) is 4.13. The van der Waals surface area contributed by atoms with E-state index in [-0.39, 0.29) is 23.8 Å². The molecular formula is C25H33BrN2O3. The molecule has 5 saturated carbocycles. The molecule has 6 rings (SSSR count). The van der Waals surface area contributed by atoms with Crippen LogP contribution in [0.3, 0.4) is 0 Å². The van der Waals surface area contributed by atoms with Crippen molar-refractivity contribution in [1.82, 2.24) is 10.6 Å². The average molecular weight is 489 g/mol. The number of hydrogen-bond acceptors (Lipinski definition) is 3. The highest BCUT2D eigenvalue weighted by Gasteiger charge is 2.57. The number of hydrogen-bond donors (Lipinski definition) is 2. The molecule has 0 saturated heterocycles. The van der Waals surface area contributed by atoms with E-state index in [2.05, 4.69) is 26.6 Å². The summed E-state index contributed by atoms with van der Waals surface area (Å²) in [6.07, 6.45) is 11.3. The van der Waals surface area contributed by atoms with E-state index in [1.165, 1.54) is 38.5 Å². The first-order valence-corrected chi connectivity index (χ1v) is 12.6. The van der Waals surface area contributed by atoms with Crippen LogP contribution in [0.1, 0.15) is 63.4 Å². The SMILES string of the molecule is O=C(CC12CC3CC(CC(Br)(C3)C1)C2)NCCc1ccc(OCC(=O)NC2CC2)cc1. The van der Waals surface area contributed by atoms with Gasteiger partial charge in [-0.3, -0.25) is 9.59 Å². The summed E-state index contributed by atoms with van der Waals surface area (Å²) in [6, 6.07) is 8.16. The lowest BCUT2D eigenvalue weighted by Crippen LogP contribution is -2.54. The number of carbonyl (C=O) groups excluding carboxylic acids is 2. The molecule has 0 radical (unpaired) electrons. The summed E-state index contributed by atoms with van der Waals surface area (Å²) in [5, 5.41) is 6.08. The molecule has 2 amide bonds. The van der Waals surface area contributed by atoms with Crippen LogP contribution in [-0.4, -0.2) is 35.3 Å². The Morgan fingerprint density at radius 2 is 1.74 bits per heavy atom. The summed E-state index contributed by atoms with van der Waals surface area (Å²) < 4.78 is 5.86. The molecular weight excluding hydrogens is 456 g/mol. The van der Waals surface area contributed by atoms with Gasteiger partial charge in [0.2, 0.25) is 5.91 Å². The first-order chi connectivity index (χ1) is 14.9. The van der Waals surface area contributed by atoms with Gasteiger partial charge in [-0.2, -0.15) is 0 Å². The third-order valence-electron chi connectivity index (χ3n) is 7.62. The van der Waals surface area contributed by atoms with Crippen molar-refractivity contribution < 1.29 is 14.3 Å². The number of carbonyl (C=O) groups is 2. The van der Waals surface area contributed by atoms with Gasteiger partial charge in [-0.15, -0.1) is 0 Å². The standard InChI is InChI=1S/C25H33BrN2O3/c26-25-12-18-9-19(13-25)11-24(10-18,16-25)14-22(29)27-8-7-17-1-5-21(6-2-17)31-15-23(30)28-20-3-4-20/h1-2,5-6,18-20H,3-4,7-16H2,(H,27,29)(H,28,30). The number of rotatable bonds is 9. The van der Waals surface area contributed by atoms with Gasteiger partial charge in [-0.05, 0) is 92.7 Å². The molecule has 6 heteroatoms. The van der Waals surface area contributed by atoms with Crippen molar-refractivity contribution in [3.8, 4) is 5.75 Å². The second kappa shape index (κ2) is 8.42. The maximum absolute atomic E-state index is 12.7. The zero-order valence-electron chi connectivity index (χ0n) is 18.1. The third kappa shape index (κ3) is 5.27. The van der Waals surface area contributed by atoms with Crippen LogP contribution in [0.4, 0.5) is 0 Å². The van der Waals surface area contributed by atoms with Crippen molar-refractivity contribution in [1.29, 1.82) is 0 Å². The van der Waals surface area contributed by atoms with E-state index in [0.717, 1.165) is 36.7 Å². The molecule has 2 unspecified atom stereocenters. The Hall–Kier alpha value is -1.56. The highest BCUT2D eigenvalue weighted by atomic mass is 79.9. The Balaban J connectivity index is 1.04. The fourth-order valence-corrected chi connectivity index (χ4v) is 8.20. The summed E-state index contributed by atoms with van der Waals surface area (Å²) in [5.41, 5.74) is 1.38. The zero-order valence-corrected chi connectivity index (χ0v) is 19.7. The molecule has 5 aliphatic carbocycles. The number of amides is 2. The topological polar surface area (TPSA) is 67.4 Å². The molecule has 168 valence electrons. The van der Waals surface area contributed by atoms with Crippen LogP contribution < -0.4 is 15.4 Å². The quantitative estimate of drug-likeness (QED) is 0.513.